The minimum absolute atomic E-state index is 0.138. The molecule has 1 aliphatic rings. The lowest BCUT2D eigenvalue weighted by Crippen LogP contribution is -2.05. The summed E-state index contributed by atoms with van der Waals surface area (Å²) in [5.74, 6) is 0. The monoisotopic (exact) mass is 322 g/mol. The highest BCUT2D eigenvalue weighted by molar-refractivity contribution is 9.10. The maximum atomic E-state index is 6.40. The standard InChI is InChI=1S/C12H16BrClOS/c1-8-10(13)7-12(16-8)11(14)5-4-9-3-2-6-15-9/h7,9,11H,2-6H2,1H3. The van der Waals surface area contributed by atoms with E-state index >= 15 is 0 Å². The molecule has 0 spiro atoms. The molecule has 1 saturated heterocycles. The first-order valence-electron chi connectivity index (χ1n) is 5.68. The molecule has 2 heterocycles. The summed E-state index contributed by atoms with van der Waals surface area (Å²) >= 11 is 11.7. The van der Waals surface area contributed by atoms with Crippen molar-refractivity contribution in [2.75, 3.05) is 6.61 Å². The van der Waals surface area contributed by atoms with E-state index in [0.717, 1.165) is 19.4 Å². The van der Waals surface area contributed by atoms with Gasteiger partial charge < -0.3 is 4.74 Å². The minimum Gasteiger partial charge on any atom is -0.378 e. The quantitative estimate of drug-likeness (QED) is 0.704. The van der Waals surface area contributed by atoms with Gasteiger partial charge in [-0.1, -0.05) is 0 Å². The van der Waals surface area contributed by atoms with Gasteiger partial charge in [0.15, 0.2) is 0 Å². The SMILES string of the molecule is Cc1sc(C(Cl)CCC2CCCO2)cc1Br. The third-order valence-corrected chi connectivity index (χ3v) is 5.78. The molecule has 0 radical (unpaired) electrons. The molecule has 1 fully saturated rings. The van der Waals surface area contributed by atoms with E-state index < -0.39 is 0 Å². The van der Waals surface area contributed by atoms with Crippen molar-refractivity contribution in [3.8, 4) is 0 Å². The van der Waals surface area contributed by atoms with E-state index in [1.165, 1.54) is 27.1 Å². The van der Waals surface area contributed by atoms with Gasteiger partial charge in [0.25, 0.3) is 0 Å². The molecule has 4 heteroatoms. The van der Waals surface area contributed by atoms with Crippen LogP contribution in [0, 0.1) is 6.92 Å². The predicted molar refractivity (Wildman–Crippen MR) is 73.6 cm³/mol. The number of hydrogen-bond acceptors (Lipinski definition) is 2. The molecule has 1 aromatic heterocycles. The number of hydrogen-bond donors (Lipinski definition) is 0. The van der Waals surface area contributed by atoms with E-state index in [1.54, 1.807) is 11.3 Å². The summed E-state index contributed by atoms with van der Waals surface area (Å²) < 4.78 is 6.78. The largest absolute Gasteiger partial charge is 0.378 e. The molecule has 0 aromatic carbocycles. The van der Waals surface area contributed by atoms with Gasteiger partial charge in [-0.15, -0.1) is 22.9 Å². The molecule has 1 aliphatic heterocycles. The molecule has 2 atom stereocenters. The van der Waals surface area contributed by atoms with E-state index in [-0.39, 0.29) is 5.38 Å². The second-order valence-electron chi connectivity index (χ2n) is 4.23. The zero-order valence-corrected chi connectivity index (χ0v) is 12.5. The zero-order chi connectivity index (χ0) is 11.5. The van der Waals surface area contributed by atoms with Gasteiger partial charge in [0.05, 0.1) is 11.5 Å². The van der Waals surface area contributed by atoms with E-state index in [9.17, 15) is 0 Å². The molecular formula is C12H16BrClOS. The molecule has 2 unspecified atom stereocenters. The Morgan fingerprint density at radius 3 is 3.06 bits per heavy atom. The van der Waals surface area contributed by atoms with E-state index in [2.05, 4.69) is 28.9 Å². The molecule has 1 nitrogen and oxygen atoms in total. The van der Waals surface area contributed by atoms with Crippen molar-refractivity contribution >= 4 is 38.9 Å². The summed E-state index contributed by atoms with van der Waals surface area (Å²) in [6.07, 6.45) is 4.96. The fourth-order valence-electron chi connectivity index (χ4n) is 1.98. The van der Waals surface area contributed by atoms with Gasteiger partial charge in [-0.2, -0.15) is 0 Å². The first-order chi connectivity index (χ1) is 7.66. The molecule has 0 amide bonds. The average Bonchev–Trinajstić information content (AvgIpc) is 2.86. The van der Waals surface area contributed by atoms with Crippen molar-refractivity contribution in [1.29, 1.82) is 0 Å². The number of aryl methyl sites for hydroxylation is 1. The molecular weight excluding hydrogens is 308 g/mol. The molecule has 90 valence electrons. The first-order valence-corrected chi connectivity index (χ1v) is 7.73. The van der Waals surface area contributed by atoms with Crippen molar-refractivity contribution < 1.29 is 4.74 Å². The van der Waals surface area contributed by atoms with E-state index in [4.69, 9.17) is 16.3 Å². The Balaban J connectivity index is 1.84. The van der Waals surface area contributed by atoms with Crippen LogP contribution in [0.5, 0.6) is 0 Å². The van der Waals surface area contributed by atoms with Crippen LogP contribution in [0.15, 0.2) is 10.5 Å². The maximum Gasteiger partial charge on any atom is 0.0680 e. The molecule has 0 bridgehead atoms. The van der Waals surface area contributed by atoms with Crippen LogP contribution in [-0.4, -0.2) is 12.7 Å². The second-order valence-corrected chi connectivity index (χ2v) is 6.90. The van der Waals surface area contributed by atoms with E-state index in [1.807, 2.05) is 0 Å². The fourth-order valence-corrected chi connectivity index (χ4v) is 3.88. The average molecular weight is 324 g/mol. The first kappa shape index (κ1) is 12.9. The van der Waals surface area contributed by atoms with E-state index in [0.29, 0.717) is 6.10 Å². The third-order valence-electron chi connectivity index (χ3n) is 2.95. The van der Waals surface area contributed by atoms with Crippen LogP contribution in [0.3, 0.4) is 0 Å². The van der Waals surface area contributed by atoms with Crippen molar-refractivity contribution in [2.24, 2.45) is 0 Å². The number of thiophene rings is 1. The predicted octanol–water partition coefficient (Wildman–Crippen LogP) is 5.06. The number of ether oxygens (including phenoxy) is 1. The van der Waals surface area contributed by atoms with Crippen LogP contribution in [-0.2, 0) is 4.74 Å². The second kappa shape index (κ2) is 5.85. The molecule has 0 aliphatic carbocycles. The van der Waals surface area contributed by atoms with Crippen LogP contribution < -0.4 is 0 Å². The minimum atomic E-state index is 0.138. The Kier molecular flexibility index (Phi) is 4.71. The summed E-state index contributed by atoms with van der Waals surface area (Å²) in [5, 5.41) is 0.138. The lowest BCUT2D eigenvalue weighted by molar-refractivity contribution is 0.102. The van der Waals surface area contributed by atoms with Crippen LogP contribution >= 0.6 is 38.9 Å². The number of rotatable bonds is 4. The van der Waals surface area contributed by atoms with Crippen molar-refractivity contribution in [3.05, 3.63) is 20.3 Å². The summed E-state index contributed by atoms with van der Waals surface area (Å²) in [4.78, 5) is 2.57. The lowest BCUT2D eigenvalue weighted by atomic mass is 10.1. The third kappa shape index (κ3) is 3.22. The fraction of sp³-hybridized carbons (Fsp3) is 0.667. The summed E-state index contributed by atoms with van der Waals surface area (Å²) in [6.45, 7) is 3.04. The Bertz CT molecular complexity index is 327. The van der Waals surface area contributed by atoms with Crippen molar-refractivity contribution in [1.82, 2.24) is 0 Å². The van der Waals surface area contributed by atoms with Crippen molar-refractivity contribution in [2.45, 2.75) is 44.1 Å². The summed E-state index contributed by atoms with van der Waals surface area (Å²) in [7, 11) is 0. The highest BCUT2D eigenvalue weighted by atomic mass is 79.9. The molecule has 0 N–H and O–H groups in total. The van der Waals surface area contributed by atoms with Crippen molar-refractivity contribution in [3.63, 3.8) is 0 Å². The van der Waals surface area contributed by atoms with Gasteiger partial charge in [-0.3, -0.25) is 0 Å². The lowest BCUT2D eigenvalue weighted by Gasteiger charge is -2.11. The van der Waals surface area contributed by atoms with Gasteiger partial charge >= 0.3 is 0 Å². The molecule has 16 heavy (non-hydrogen) atoms. The Morgan fingerprint density at radius 1 is 1.69 bits per heavy atom. The Hall–Kier alpha value is 0.430. The number of alkyl halides is 1. The van der Waals surface area contributed by atoms with Crippen LogP contribution in [0.4, 0.5) is 0 Å². The van der Waals surface area contributed by atoms with Gasteiger partial charge in [-0.25, -0.2) is 0 Å². The summed E-state index contributed by atoms with van der Waals surface area (Å²) in [6, 6.07) is 2.15. The van der Waals surface area contributed by atoms with Crippen LogP contribution in [0.1, 0.15) is 40.8 Å². The highest BCUT2D eigenvalue weighted by Crippen LogP contribution is 2.36. The van der Waals surface area contributed by atoms with Gasteiger partial charge in [-0.05, 0) is 54.6 Å². The van der Waals surface area contributed by atoms with Gasteiger partial charge in [0.2, 0.25) is 0 Å². The highest BCUT2D eigenvalue weighted by Gasteiger charge is 2.19. The molecule has 1 aromatic rings. The van der Waals surface area contributed by atoms with Gasteiger partial charge in [0.1, 0.15) is 0 Å². The van der Waals surface area contributed by atoms with Gasteiger partial charge in [0, 0.05) is 20.8 Å². The normalized spacial score (nSPS) is 22.6. The topological polar surface area (TPSA) is 9.23 Å². The smallest absolute Gasteiger partial charge is 0.0680 e. The molecule has 2 rings (SSSR count). The maximum absolute atomic E-state index is 6.40. The Labute approximate surface area is 114 Å². The Morgan fingerprint density at radius 2 is 2.50 bits per heavy atom. The van der Waals surface area contributed by atoms with Crippen LogP contribution in [0.2, 0.25) is 0 Å². The molecule has 0 saturated carbocycles. The number of halogens is 2. The summed E-state index contributed by atoms with van der Waals surface area (Å²) in [5.41, 5.74) is 0. The zero-order valence-electron chi connectivity index (χ0n) is 9.34. The van der Waals surface area contributed by atoms with Crippen LogP contribution in [0.25, 0.3) is 0 Å².